The molecule has 5 rings (SSSR count). The highest BCUT2D eigenvalue weighted by atomic mass is 16.5. The summed E-state index contributed by atoms with van der Waals surface area (Å²) < 4.78 is 6.20. The summed E-state index contributed by atoms with van der Waals surface area (Å²) in [7, 11) is 0. The number of nitrogens with zero attached hydrogens (tertiary/aromatic N) is 1. The second kappa shape index (κ2) is 9.74. The molecule has 0 bridgehead atoms. The van der Waals surface area contributed by atoms with Crippen LogP contribution in [-0.4, -0.2) is 17.8 Å². The van der Waals surface area contributed by atoms with Crippen LogP contribution in [0.3, 0.4) is 0 Å². The smallest absolute Gasteiger partial charge is 0.335 e. The Morgan fingerprint density at radius 1 is 0.865 bits per heavy atom. The largest absolute Gasteiger partial charge is 0.488 e. The fourth-order valence-electron chi connectivity index (χ4n) is 4.51. The third kappa shape index (κ3) is 4.61. The first-order valence-electron chi connectivity index (χ1n) is 12.0. The summed E-state index contributed by atoms with van der Waals surface area (Å²) in [5.74, 6) is -0.891. The molecule has 1 aliphatic rings. The van der Waals surface area contributed by atoms with Gasteiger partial charge in [-0.25, -0.2) is 9.69 Å². The van der Waals surface area contributed by atoms with Gasteiger partial charge in [0, 0.05) is 5.56 Å². The molecule has 6 nitrogen and oxygen atoms in total. The highest BCUT2D eigenvalue weighted by Crippen LogP contribution is 2.33. The standard InChI is InChI=1S/C31H26N2O4/c1-19-8-6-10-22(16-19)18-37-28-15-14-23-11-4-5-12-24(23)25(28)17-26-29(34)32-31(36)33(30(26)35)27-13-7-9-20(2)21(27)3/h4-17H,18H2,1-3H3,(H,32,34,36)/b26-17+. The molecule has 4 aromatic rings. The predicted molar refractivity (Wildman–Crippen MR) is 144 cm³/mol. The van der Waals surface area contributed by atoms with Crippen molar-refractivity contribution in [2.75, 3.05) is 4.90 Å². The highest BCUT2D eigenvalue weighted by molar-refractivity contribution is 6.39. The van der Waals surface area contributed by atoms with Crippen molar-refractivity contribution in [2.24, 2.45) is 0 Å². The summed E-state index contributed by atoms with van der Waals surface area (Å²) in [6, 6.07) is 24.1. The molecule has 0 unspecified atom stereocenters. The van der Waals surface area contributed by atoms with Crippen LogP contribution in [0.4, 0.5) is 10.5 Å². The lowest BCUT2D eigenvalue weighted by Gasteiger charge is -2.28. The number of barbiturate groups is 1. The van der Waals surface area contributed by atoms with E-state index in [0.717, 1.165) is 37.9 Å². The van der Waals surface area contributed by atoms with Gasteiger partial charge in [0.1, 0.15) is 17.9 Å². The van der Waals surface area contributed by atoms with E-state index < -0.39 is 17.8 Å². The summed E-state index contributed by atoms with van der Waals surface area (Å²) in [5.41, 5.74) is 4.74. The SMILES string of the molecule is Cc1cccc(COc2ccc3ccccc3c2/C=C2\C(=O)NC(=O)N(c3cccc(C)c3C)C2=O)c1. The van der Waals surface area contributed by atoms with Gasteiger partial charge >= 0.3 is 6.03 Å². The lowest BCUT2D eigenvalue weighted by molar-refractivity contribution is -0.122. The van der Waals surface area contributed by atoms with Crippen LogP contribution < -0.4 is 15.0 Å². The Kier molecular flexibility index (Phi) is 6.32. The fraction of sp³-hybridized carbons (Fsp3) is 0.129. The summed E-state index contributed by atoms with van der Waals surface area (Å²) >= 11 is 0. The number of aryl methyl sites for hydroxylation is 2. The first kappa shape index (κ1) is 24.0. The van der Waals surface area contributed by atoms with Crippen LogP contribution in [0.1, 0.15) is 27.8 Å². The number of imide groups is 2. The minimum Gasteiger partial charge on any atom is -0.488 e. The van der Waals surface area contributed by atoms with Gasteiger partial charge < -0.3 is 4.74 Å². The number of amides is 4. The van der Waals surface area contributed by atoms with Gasteiger partial charge in [0.25, 0.3) is 11.8 Å². The predicted octanol–water partition coefficient (Wildman–Crippen LogP) is 6.01. The number of fused-ring (bicyclic) bond motifs is 1. The maximum Gasteiger partial charge on any atom is 0.335 e. The highest BCUT2D eigenvalue weighted by Gasteiger charge is 2.37. The Hall–Kier alpha value is -4.71. The molecule has 1 saturated heterocycles. The van der Waals surface area contributed by atoms with E-state index in [1.54, 1.807) is 12.1 Å². The number of hydrogen-bond acceptors (Lipinski definition) is 4. The number of anilines is 1. The molecule has 1 fully saturated rings. The second-order valence-electron chi connectivity index (χ2n) is 9.15. The average molecular weight is 491 g/mol. The van der Waals surface area contributed by atoms with E-state index >= 15 is 0 Å². The molecule has 1 heterocycles. The minimum absolute atomic E-state index is 0.141. The molecule has 0 aromatic heterocycles. The van der Waals surface area contributed by atoms with E-state index in [4.69, 9.17) is 4.74 Å². The van der Waals surface area contributed by atoms with E-state index in [0.29, 0.717) is 23.6 Å². The quantitative estimate of drug-likeness (QED) is 0.275. The molecule has 4 aromatic carbocycles. The topological polar surface area (TPSA) is 75.7 Å². The lowest BCUT2D eigenvalue weighted by atomic mass is 9.99. The van der Waals surface area contributed by atoms with Gasteiger partial charge in [-0.1, -0.05) is 72.3 Å². The van der Waals surface area contributed by atoms with Crippen molar-refractivity contribution in [3.05, 3.63) is 112 Å². The Morgan fingerprint density at radius 3 is 2.46 bits per heavy atom. The second-order valence-corrected chi connectivity index (χ2v) is 9.15. The molecule has 1 aliphatic heterocycles. The average Bonchev–Trinajstić information content (AvgIpc) is 2.88. The van der Waals surface area contributed by atoms with Crippen molar-refractivity contribution in [3.63, 3.8) is 0 Å². The number of carbonyl (C=O) groups excluding carboxylic acids is 3. The van der Waals surface area contributed by atoms with Gasteiger partial charge in [0.15, 0.2) is 0 Å². The van der Waals surface area contributed by atoms with Crippen molar-refractivity contribution in [3.8, 4) is 5.75 Å². The molecule has 0 aliphatic carbocycles. The van der Waals surface area contributed by atoms with Gasteiger partial charge in [0.05, 0.1) is 5.69 Å². The van der Waals surface area contributed by atoms with Crippen molar-refractivity contribution < 1.29 is 19.1 Å². The summed E-state index contributed by atoms with van der Waals surface area (Å²) in [5, 5.41) is 4.09. The van der Waals surface area contributed by atoms with E-state index in [-0.39, 0.29) is 5.57 Å². The first-order chi connectivity index (χ1) is 17.8. The molecular weight excluding hydrogens is 464 g/mol. The van der Waals surface area contributed by atoms with Crippen molar-refractivity contribution >= 4 is 40.4 Å². The number of benzene rings is 4. The van der Waals surface area contributed by atoms with Gasteiger partial charge in [-0.05, 0) is 66.4 Å². The molecule has 4 amide bonds. The van der Waals surface area contributed by atoms with Crippen LogP contribution in [0.5, 0.6) is 5.75 Å². The summed E-state index contributed by atoms with van der Waals surface area (Å²) in [6.45, 7) is 6.09. The van der Waals surface area contributed by atoms with Crippen LogP contribution in [0.25, 0.3) is 16.8 Å². The third-order valence-electron chi connectivity index (χ3n) is 6.61. The van der Waals surface area contributed by atoms with Crippen LogP contribution in [0, 0.1) is 20.8 Å². The zero-order chi connectivity index (χ0) is 26.1. The molecule has 37 heavy (non-hydrogen) atoms. The third-order valence-corrected chi connectivity index (χ3v) is 6.61. The number of rotatable bonds is 5. The maximum atomic E-state index is 13.6. The molecule has 184 valence electrons. The van der Waals surface area contributed by atoms with Crippen LogP contribution in [0.2, 0.25) is 0 Å². The Labute approximate surface area is 215 Å². The Balaban J connectivity index is 1.60. The van der Waals surface area contributed by atoms with E-state index in [1.165, 1.54) is 6.08 Å². The normalized spacial score (nSPS) is 14.8. The number of nitrogens with one attached hydrogen (secondary N) is 1. The first-order valence-corrected chi connectivity index (χ1v) is 12.0. The number of urea groups is 1. The fourth-order valence-corrected chi connectivity index (χ4v) is 4.51. The van der Waals surface area contributed by atoms with Crippen LogP contribution in [-0.2, 0) is 16.2 Å². The molecular formula is C31H26N2O4. The molecule has 0 radical (unpaired) electrons. The molecule has 0 atom stereocenters. The molecule has 0 spiro atoms. The van der Waals surface area contributed by atoms with Gasteiger partial charge in [-0.3, -0.25) is 14.9 Å². The number of hydrogen-bond donors (Lipinski definition) is 1. The summed E-state index contributed by atoms with van der Waals surface area (Å²) in [6.07, 6.45) is 1.52. The Morgan fingerprint density at radius 2 is 1.65 bits per heavy atom. The van der Waals surface area contributed by atoms with Crippen molar-refractivity contribution in [2.45, 2.75) is 27.4 Å². The van der Waals surface area contributed by atoms with Crippen molar-refractivity contribution in [1.29, 1.82) is 0 Å². The van der Waals surface area contributed by atoms with Crippen LogP contribution >= 0.6 is 0 Å². The van der Waals surface area contributed by atoms with E-state index in [1.807, 2.05) is 87.5 Å². The van der Waals surface area contributed by atoms with Gasteiger partial charge in [-0.15, -0.1) is 0 Å². The van der Waals surface area contributed by atoms with Gasteiger partial charge in [0.2, 0.25) is 0 Å². The maximum absolute atomic E-state index is 13.6. The molecule has 0 saturated carbocycles. The number of ether oxygens (including phenoxy) is 1. The number of carbonyl (C=O) groups is 3. The zero-order valence-corrected chi connectivity index (χ0v) is 20.9. The van der Waals surface area contributed by atoms with Gasteiger partial charge in [-0.2, -0.15) is 0 Å². The molecule has 6 heteroatoms. The molecule has 1 N–H and O–H groups in total. The van der Waals surface area contributed by atoms with E-state index in [2.05, 4.69) is 5.32 Å². The zero-order valence-electron chi connectivity index (χ0n) is 20.9. The monoisotopic (exact) mass is 490 g/mol. The summed E-state index contributed by atoms with van der Waals surface area (Å²) in [4.78, 5) is 40.3. The van der Waals surface area contributed by atoms with Crippen LogP contribution in [0.15, 0.2) is 84.4 Å². The minimum atomic E-state index is -0.769. The van der Waals surface area contributed by atoms with E-state index in [9.17, 15) is 14.4 Å². The lowest BCUT2D eigenvalue weighted by Crippen LogP contribution is -2.54. The Bertz CT molecular complexity index is 1600. The van der Waals surface area contributed by atoms with Crippen molar-refractivity contribution in [1.82, 2.24) is 5.32 Å².